The predicted octanol–water partition coefficient (Wildman–Crippen LogP) is 11.3. The number of nitrogens with zero attached hydrogens (tertiary/aromatic N) is 3. The first-order valence-corrected chi connectivity index (χ1v) is 20.9. The highest BCUT2D eigenvalue weighted by atomic mass is 35.5. The molecule has 2 aromatic heterocycles. The summed E-state index contributed by atoms with van der Waals surface area (Å²) in [5.74, 6) is 1.85. The first kappa shape index (κ1) is 51.0. The van der Waals surface area contributed by atoms with E-state index in [1.165, 1.54) is 17.2 Å². The standard InChI is InChI=1S/C25H24N4O4.C22H22N4O3.C3H3ClO/c1-4-23(30)22-16-21(14-15-26-22)33-20-12-8-18(9-13-20)28-25(32)27-17-6-10-19(11-7-17)29(3)24(31)5-2;1-3-21(27)20-14-19(12-13-24-20)29-18-10-8-17(9-11-18)26-22(28)25-16-6-4-15(23-2)5-7-16;1-2-3(4)5/h5-16H,2,4H2,1,3H3,(H2,27,28,32);4-14,23H,3H2,1-2H3,(H2,25,26,28);2H,1H2. The minimum Gasteiger partial charge on any atom is -0.457 e. The molecule has 0 radical (unpaired) electrons. The fourth-order valence-electron chi connectivity index (χ4n) is 5.44. The molecular formula is C50H49ClN8O8. The van der Waals surface area contributed by atoms with Crippen LogP contribution in [0.25, 0.3) is 0 Å². The Balaban J connectivity index is 0.000000267. The minimum atomic E-state index is -0.509. The van der Waals surface area contributed by atoms with Crippen LogP contribution in [0.1, 0.15) is 47.7 Å². The highest BCUT2D eigenvalue weighted by Crippen LogP contribution is 2.26. The van der Waals surface area contributed by atoms with Crippen molar-refractivity contribution in [3.63, 3.8) is 0 Å². The molecular weight excluding hydrogens is 876 g/mol. The fourth-order valence-corrected chi connectivity index (χ4v) is 5.44. The van der Waals surface area contributed by atoms with Crippen molar-refractivity contribution >= 4 is 80.5 Å². The Labute approximate surface area is 393 Å². The van der Waals surface area contributed by atoms with Gasteiger partial charge in [0.1, 0.15) is 34.4 Å². The average molecular weight is 925 g/mol. The normalized spacial score (nSPS) is 9.87. The average Bonchev–Trinajstić information content (AvgIpc) is 3.35. The number of pyridine rings is 2. The molecule has 0 atom stereocenters. The van der Waals surface area contributed by atoms with E-state index in [1.807, 2.05) is 31.3 Å². The number of hydrogen-bond acceptors (Lipinski definition) is 11. The fraction of sp³-hybridized carbons (Fsp3) is 0.120. The zero-order valence-corrected chi connectivity index (χ0v) is 37.9. The third-order valence-electron chi connectivity index (χ3n) is 8.98. The summed E-state index contributed by atoms with van der Waals surface area (Å²) in [4.78, 5) is 78.7. The summed E-state index contributed by atoms with van der Waals surface area (Å²) in [6.45, 7) is 10.1. The van der Waals surface area contributed by atoms with Gasteiger partial charge >= 0.3 is 12.1 Å². The van der Waals surface area contributed by atoms with Gasteiger partial charge in [-0.25, -0.2) is 9.59 Å². The van der Waals surface area contributed by atoms with Crippen molar-refractivity contribution in [3.8, 4) is 23.0 Å². The molecule has 5 N–H and O–H groups in total. The maximum atomic E-state index is 12.3. The van der Waals surface area contributed by atoms with Crippen molar-refractivity contribution in [1.82, 2.24) is 9.97 Å². The molecule has 2 heterocycles. The van der Waals surface area contributed by atoms with E-state index in [0.717, 1.165) is 11.8 Å². The zero-order valence-electron chi connectivity index (χ0n) is 37.2. The van der Waals surface area contributed by atoms with Crippen LogP contribution in [-0.4, -0.2) is 58.8 Å². The van der Waals surface area contributed by atoms with Gasteiger partial charge in [-0.2, -0.15) is 0 Å². The predicted molar refractivity (Wildman–Crippen MR) is 263 cm³/mol. The summed E-state index contributed by atoms with van der Waals surface area (Å²) >= 11 is 4.71. The Bertz CT molecular complexity index is 2660. The van der Waals surface area contributed by atoms with Crippen molar-refractivity contribution < 1.29 is 38.2 Å². The number of rotatable bonds is 16. The number of amides is 5. The Morgan fingerprint density at radius 2 is 0.896 bits per heavy atom. The second-order valence-electron chi connectivity index (χ2n) is 13.7. The number of carbonyl (C=O) groups is 6. The molecule has 67 heavy (non-hydrogen) atoms. The van der Waals surface area contributed by atoms with Crippen LogP contribution in [0.3, 0.4) is 0 Å². The molecule has 17 heteroatoms. The van der Waals surface area contributed by atoms with Gasteiger partial charge in [0.15, 0.2) is 11.6 Å². The number of Topliss-reactive ketones (excluding diaryl/α,β-unsaturated/α-hetero) is 2. The lowest BCUT2D eigenvalue weighted by Crippen LogP contribution is -2.23. The smallest absolute Gasteiger partial charge is 0.323 e. The minimum absolute atomic E-state index is 0.0402. The second kappa shape index (κ2) is 26.2. The quantitative estimate of drug-likeness (QED) is 0.0350. The SMILES string of the molecule is C=CC(=O)Cl.C=CC(=O)N(C)c1ccc(NC(=O)Nc2ccc(Oc3ccnc(C(=O)CC)c3)cc2)cc1.CCC(=O)c1cc(Oc2ccc(NC(=O)Nc3ccc(NC)cc3)cc2)ccn1. The Kier molecular flexibility index (Phi) is 20.0. The van der Waals surface area contributed by atoms with Crippen LogP contribution in [0.15, 0.2) is 159 Å². The molecule has 344 valence electrons. The van der Waals surface area contributed by atoms with Gasteiger partial charge in [0, 0.05) is 85.6 Å². The van der Waals surface area contributed by atoms with E-state index >= 15 is 0 Å². The highest BCUT2D eigenvalue weighted by molar-refractivity contribution is 6.66. The van der Waals surface area contributed by atoms with Crippen LogP contribution in [-0.2, 0) is 9.59 Å². The molecule has 4 aromatic carbocycles. The number of benzene rings is 4. The van der Waals surface area contributed by atoms with Gasteiger partial charge in [-0.3, -0.25) is 29.1 Å². The zero-order chi connectivity index (χ0) is 48.7. The van der Waals surface area contributed by atoms with Gasteiger partial charge < -0.3 is 41.0 Å². The van der Waals surface area contributed by atoms with Gasteiger partial charge in [-0.05, 0) is 133 Å². The third kappa shape index (κ3) is 17.1. The first-order chi connectivity index (χ1) is 32.2. The number of ketones is 2. The number of urea groups is 2. The summed E-state index contributed by atoms with van der Waals surface area (Å²) in [6, 6.07) is 33.8. The molecule has 0 spiro atoms. The molecule has 0 aliphatic heterocycles. The van der Waals surface area contributed by atoms with Crippen molar-refractivity contribution in [2.24, 2.45) is 0 Å². The molecule has 16 nitrogen and oxygen atoms in total. The summed E-state index contributed by atoms with van der Waals surface area (Å²) in [5, 5.41) is 13.5. The number of hydrogen-bond donors (Lipinski definition) is 5. The maximum Gasteiger partial charge on any atom is 0.323 e. The molecule has 0 saturated carbocycles. The first-order valence-electron chi connectivity index (χ1n) is 20.5. The van der Waals surface area contributed by atoms with Crippen molar-refractivity contribution in [3.05, 3.63) is 170 Å². The lowest BCUT2D eigenvalue weighted by Gasteiger charge is -2.15. The summed E-state index contributed by atoms with van der Waals surface area (Å²) < 4.78 is 11.5. The summed E-state index contributed by atoms with van der Waals surface area (Å²) in [6.07, 6.45) is 6.11. The number of halogens is 1. The molecule has 6 aromatic rings. The number of carbonyl (C=O) groups excluding carboxylic acids is 6. The van der Waals surface area contributed by atoms with E-state index in [0.29, 0.717) is 75.7 Å². The topological polar surface area (TPSA) is 210 Å². The van der Waals surface area contributed by atoms with Gasteiger partial charge in [-0.1, -0.05) is 27.0 Å². The van der Waals surface area contributed by atoms with Crippen LogP contribution < -0.4 is 41.0 Å². The van der Waals surface area contributed by atoms with Crippen LogP contribution in [0, 0.1) is 0 Å². The van der Waals surface area contributed by atoms with Crippen LogP contribution in [0.5, 0.6) is 23.0 Å². The van der Waals surface area contributed by atoms with Crippen LogP contribution in [0.4, 0.5) is 43.7 Å². The number of allylic oxidation sites excluding steroid dienone is 1. The van der Waals surface area contributed by atoms with E-state index < -0.39 is 11.3 Å². The number of likely N-dealkylation sites (N-methyl/N-ethyl adjacent to an activating group) is 1. The molecule has 6 rings (SSSR count). The summed E-state index contributed by atoms with van der Waals surface area (Å²) in [5.41, 5.74) is 4.85. The number of aromatic nitrogens is 2. The van der Waals surface area contributed by atoms with E-state index in [-0.39, 0.29) is 23.5 Å². The van der Waals surface area contributed by atoms with E-state index in [1.54, 1.807) is 124 Å². The lowest BCUT2D eigenvalue weighted by atomic mass is 10.2. The molecule has 0 unspecified atom stereocenters. The monoisotopic (exact) mass is 924 g/mol. The van der Waals surface area contributed by atoms with E-state index in [2.05, 4.69) is 49.7 Å². The summed E-state index contributed by atoms with van der Waals surface area (Å²) in [7, 11) is 3.48. The largest absolute Gasteiger partial charge is 0.457 e. The molecule has 0 saturated heterocycles. The Morgan fingerprint density at radius 3 is 1.22 bits per heavy atom. The van der Waals surface area contributed by atoms with Gasteiger partial charge in [-0.15, -0.1) is 0 Å². The molecule has 0 bridgehead atoms. The van der Waals surface area contributed by atoms with Gasteiger partial charge in [0.2, 0.25) is 11.1 Å². The Hall–Kier alpha value is -8.63. The van der Waals surface area contributed by atoms with Crippen molar-refractivity contribution in [2.75, 3.05) is 45.6 Å². The van der Waals surface area contributed by atoms with Gasteiger partial charge in [0.05, 0.1) is 0 Å². The molecule has 0 fully saturated rings. The van der Waals surface area contributed by atoms with Crippen LogP contribution in [0.2, 0.25) is 0 Å². The lowest BCUT2D eigenvalue weighted by molar-refractivity contribution is -0.114. The maximum absolute atomic E-state index is 12.3. The molecule has 0 aliphatic rings. The second-order valence-corrected chi connectivity index (χ2v) is 14.1. The van der Waals surface area contributed by atoms with E-state index in [4.69, 9.17) is 21.1 Å². The molecule has 5 amide bonds. The number of nitrogens with one attached hydrogen (secondary N) is 5. The van der Waals surface area contributed by atoms with Crippen molar-refractivity contribution in [1.29, 1.82) is 0 Å². The number of ether oxygens (including phenoxy) is 2. The van der Waals surface area contributed by atoms with Crippen molar-refractivity contribution in [2.45, 2.75) is 26.7 Å². The highest BCUT2D eigenvalue weighted by Gasteiger charge is 2.11. The van der Waals surface area contributed by atoms with Crippen LogP contribution >= 0.6 is 11.6 Å². The van der Waals surface area contributed by atoms with Gasteiger partial charge in [0.25, 0.3) is 0 Å². The Morgan fingerprint density at radius 1 is 0.552 bits per heavy atom. The third-order valence-corrected chi connectivity index (χ3v) is 9.14. The molecule has 0 aliphatic carbocycles. The number of anilines is 6. The van der Waals surface area contributed by atoms with E-state index in [9.17, 15) is 28.8 Å².